The molecule has 4 N–H and O–H groups in total. The molecule has 61 heavy (non-hydrogen) atoms. The minimum atomic E-state index is -1.01. The van der Waals surface area contributed by atoms with Crippen LogP contribution in [-0.4, -0.2) is 120 Å². The fourth-order valence-corrected chi connectivity index (χ4v) is 9.57. The molecule has 0 saturated carbocycles. The summed E-state index contributed by atoms with van der Waals surface area (Å²) in [5.41, 5.74) is 6.64. The maximum absolute atomic E-state index is 13.3. The van der Waals surface area contributed by atoms with Crippen molar-refractivity contribution in [2.24, 2.45) is 5.92 Å². The van der Waals surface area contributed by atoms with Crippen molar-refractivity contribution in [2.45, 2.75) is 48.8 Å². The number of benzene rings is 3. The van der Waals surface area contributed by atoms with Gasteiger partial charge in [0.1, 0.15) is 12.6 Å². The molecule has 8 rings (SSSR count). The number of aliphatic hydroxyl groups is 1. The highest BCUT2D eigenvalue weighted by molar-refractivity contribution is 7.99. The molecule has 4 aliphatic rings. The van der Waals surface area contributed by atoms with E-state index in [4.69, 9.17) is 14.2 Å². The standard InChI is InChI=1S/C45H48N6O9S/c52-26-36-32-13-16-50(25-28-11-14-46-15-12-28)42(32)34-24-30(7-8-35(34)48-36)29-3-1-4-31(23-29)47-40(54)27-60-20-19-58-17-18-59-21-22-61-38-6-2-5-33-41(38)45(57)51(44(33)56)37-9-10-39(53)49-43(37)55/h1-8,11-12,14-15,23-24,32,36-37,42,48,52H,9-10,13,16-22,25-27H2,(H,47,54)(H,49,53,55)/t32-,36-,37?,42-/m1/s1. The van der Waals surface area contributed by atoms with Crippen molar-refractivity contribution >= 4 is 52.7 Å². The molecule has 16 heteroatoms. The SMILES string of the molecule is O=C1CCC(N2C(=O)c3cccc(SCCOCCOCCOCC(=O)Nc4cccc(-c5ccc6c(c5)[C@H]5[C@H](CCN5Cc5ccncc5)[C@@H](CO)N6)c4)c3C2=O)C(=O)N1. The van der Waals surface area contributed by atoms with Gasteiger partial charge in [-0.1, -0.05) is 24.3 Å². The average Bonchev–Trinajstić information content (AvgIpc) is 3.80. The maximum atomic E-state index is 13.3. The Morgan fingerprint density at radius 2 is 1.64 bits per heavy atom. The van der Waals surface area contributed by atoms with Crippen LogP contribution in [0, 0.1) is 5.92 Å². The number of nitrogens with zero attached hydrogens (tertiary/aromatic N) is 3. The van der Waals surface area contributed by atoms with Crippen LogP contribution in [0.3, 0.4) is 0 Å². The van der Waals surface area contributed by atoms with E-state index in [0.717, 1.165) is 41.2 Å². The quantitative estimate of drug-likeness (QED) is 0.0632. The van der Waals surface area contributed by atoms with Crippen molar-refractivity contribution in [3.8, 4) is 11.1 Å². The van der Waals surface area contributed by atoms with Crippen molar-refractivity contribution in [3.63, 3.8) is 0 Å². The molecule has 2 fully saturated rings. The fraction of sp³-hybridized carbons (Fsp3) is 0.378. The summed E-state index contributed by atoms with van der Waals surface area (Å²) in [5, 5.41) is 19.0. The molecule has 1 unspecified atom stereocenters. The minimum absolute atomic E-state index is 0.00752. The van der Waals surface area contributed by atoms with E-state index in [9.17, 15) is 29.1 Å². The molecule has 0 radical (unpaired) electrons. The van der Waals surface area contributed by atoms with Crippen LogP contribution < -0.4 is 16.0 Å². The smallest absolute Gasteiger partial charge is 0.263 e. The van der Waals surface area contributed by atoms with Crippen LogP contribution in [0.4, 0.5) is 11.4 Å². The van der Waals surface area contributed by atoms with Gasteiger partial charge in [-0.25, -0.2) is 0 Å². The van der Waals surface area contributed by atoms with Crippen LogP contribution in [0.1, 0.15) is 57.1 Å². The zero-order valence-corrected chi connectivity index (χ0v) is 34.4. The normalized spacial score (nSPS) is 20.8. The van der Waals surface area contributed by atoms with Crippen LogP contribution in [0.5, 0.6) is 0 Å². The van der Waals surface area contributed by atoms with Gasteiger partial charge in [-0.15, -0.1) is 11.8 Å². The maximum Gasteiger partial charge on any atom is 0.263 e. The van der Waals surface area contributed by atoms with Crippen molar-refractivity contribution in [3.05, 3.63) is 107 Å². The van der Waals surface area contributed by atoms with Gasteiger partial charge in [-0.3, -0.25) is 44.1 Å². The Morgan fingerprint density at radius 3 is 2.44 bits per heavy atom. The topological polar surface area (TPSA) is 189 Å². The summed E-state index contributed by atoms with van der Waals surface area (Å²) in [6.45, 7) is 3.24. The van der Waals surface area contributed by atoms with Gasteiger partial charge in [0.2, 0.25) is 17.7 Å². The van der Waals surface area contributed by atoms with Gasteiger partial charge in [0.05, 0.1) is 56.8 Å². The molecule has 318 valence electrons. The lowest BCUT2D eigenvalue weighted by molar-refractivity contribution is -0.136. The van der Waals surface area contributed by atoms with E-state index in [2.05, 4.69) is 56.2 Å². The van der Waals surface area contributed by atoms with Gasteiger partial charge in [0, 0.05) is 59.3 Å². The number of thioether (sulfide) groups is 1. The Kier molecular flexibility index (Phi) is 13.5. The second-order valence-electron chi connectivity index (χ2n) is 15.3. The molecule has 0 spiro atoms. The number of hydrogen-bond donors (Lipinski definition) is 4. The summed E-state index contributed by atoms with van der Waals surface area (Å²) < 4.78 is 16.8. The van der Waals surface area contributed by atoms with Crippen LogP contribution in [0.15, 0.2) is 90.1 Å². The van der Waals surface area contributed by atoms with Gasteiger partial charge in [-0.2, -0.15) is 0 Å². The highest BCUT2D eigenvalue weighted by Crippen LogP contribution is 2.48. The van der Waals surface area contributed by atoms with E-state index in [1.807, 2.05) is 36.7 Å². The molecule has 3 aromatic carbocycles. The highest BCUT2D eigenvalue weighted by Gasteiger charge is 2.46. The van der Waals surface area contributed by atoms with E-state index >= 15 is 0 Å². The van der Waals surface area contributed by atoms with Crippen LogP contribution in [0.25, 0.3) is 11.1 Å². The third kappa shape index (κ3) is 9.54. The van der Waals surface area contributed by atoms with E-state index in [0.29, 0.717) is 36.2 Å². The highest BCUT2D eigenvalue weighted by atomic mass is 32.2. The number of likely N-dealkylation sites (tertiary alicyclic amines) is 1. The Hall–Kier alpha value is -5.49. The second kappa shape index (κ2) is 19.5. The monoisotopic (exact) mass is 848 g/mol. The number of carbonyl (C=O) groups excluding carboxylic acids is 5. The first-order valence-corrected chi connectivity index (χ1v) is 21.5. The molecule has 1 aromatic heterocycles. The molecule has 0 aliphatic carbocycles. The summed E-state index contributed by atoms with van der Waals surface area (Å²) in [5.74, 6) is -1.61. The molecule has 5 amide bonds. The largest absolute Gasteiger partial charge is 0.394 e. The van der Waals surface area contributed by atoms with Gasteiger partial charge in [0.15, 0.2) is 0 Å². The van der Waals surface area contributed by atoms with Crippen molar-refractivity contribution in [2.75, 3.05) is 69.2 Å². The van der Waals surface area contributed by atoms with E-state index < -0.39 is 29.7 Å². The first-order chi connectivity index (χ1) is 29.8. The third-order valence-corrected chi connectivity index (χ3v) is 12.5. The number of aromatic nitrogens is 1. The zero-order valence-electron chi connectivity index (χ0n) is 33.5. The van der Waals surface area contributed by atoms with Crippen LogP contribution in [0.2, 0.25) is 0 Å². The number of fused-ring (bicyclic) bond motifs is 4. The number of piperidine rings is 1. The minimum Gasteiger partial charge on any atom is -0.394 e. The zero-order chi connectivity index (χ0) is 42.3. The molecule has 4 aliphatic heterocycles. The van der Waals surface area contributed by atoms with Crippen molar-refractivity contribution in [1.82, 2.24) is 20.1 Å². The number of anilines is 2. The number of imide groups is 2. The van der Waals surface area contributed by atoms with Gasteiger partial charge in [-0.05, 0) is 90.2 Å². The van der Waals surface area contributed by atoms with Gasteiger partial charge in [0.25, 0.3) is 11.8 Å². The lowest BCUT2D eigenvalue weighted by Crippen LogP contribution is -2.54. The van der Waals surface area contributed by atoms with Crippen LogP contribution in [-0.2, 0) is 35.1 Å². The lowest BCUT2D eigenvalue weighted by atomic mass is 9.82. The first-order valence-electron chi connectivity index (χ1n) is 20.5. The molecule has 4 atom stereocenters. The summed E-state index contributed by atoms with van der Waals surface area (Å²) in [7, 11) is 0. The number of amides is 5. The van der Waals surface area contributed by atoms with Crippen molar-refractivity contribution in [1.29, 1.82) is 0 Å². The molecule has 2 saturated heterocycles. The molecule has 0 bridgehead atoms. The second-order valence-corrected chi connectivity index (χ2v) is 16.5. The Morgan fingerprint density at radius 1 is 0.869 bits per heavy atom. The number of pyridine rings is 1. The van der Waals surface area contributed by atoms with Crippen LogP contribution >= 0.6 is 11.8 Å². The van der Waals surface area contributed by atoms with E-state index in [-0.39, 0.29) is 74.3 Å². The molecular formula is C45H48N6O9S. The van der Waals surface area contributed by atoms with E-state index in [1.54, 1.807) is 18.2 Å². The number of ether oxygens (including phenoxy) is 3. The summed E-state index contributed by atoms with van der Waals surface area (Å²) in [6.07, 6.45) is 4.81. The fourth-order valence-electron chi connectivity index (χ4n) is 8.63. The molecule has 5 heterocycles. The number of rotatable bonds is 18. The Balaban J connectivity index is 0.739. The summed E-state index contributed by atoms with van der Waals surface area (Å²) in [4.78, 5) is 71.3. The molecular weight excluding hydrogens is 801 g/mol. The molecule has 15 nitrogen and oxygen atoms in total. The third-order valence-electron chi connectivity index (χ3n) is 11.5. The predicted octanol–water partition coefficient (Wildman–Crippen LogP) is 4.28. The number of aliphatic hydroxyl groups excluding tert-OH is 1. The Bertz CT molecular complexity index is 2280. The van der Waals surface area contributed by atoms with Gasteiger partial charge < -0.3 is 30.0 Å². The number of nitrogens with one attached hydrogen (secondary N) is 3. The predicted molar refractivity (Wildman–Crippen MR) is 227 cm³/mol. The number of hydrogen-bond acceptors (Lipinski definition) is 13. The lowest BCUT2D eigenvalue weighted by Gasteiger charge is -2.39. The first kappa shape index (κ1) is 42.2. The number of carbonyl (C=O) groups is 5. The Labute approximate surface area is 357 Å². The van der Waals surface area contributed by atoms with E-state index in [1.165, 1.54) is 22.9 Å². The summed E-state index contributed by atoms with van der Waals surface area (Å²) in [6, 6.07) is 22.4. The van der Waals surface area contributed by atoms with Crippen molar-refractivity contribution < 1.29 is 43.3 Å². The van der Waals surface area contributed by atoms with Gasteiger partial charge >= 0.3 is 0 Å². The average molecular weight is 849 g/mol. The summed E-state index contributed by atoms with van der Waals surface area (Å²) >= 11 is 1.38. The molecule has 4 aromatic rings.